The summed E-state index contributed by atoms with van der Waals surface area (Å²) in [5, 5.41) is 0. The van der Waals surface area contributed by atoms with Gasteiger partial charge in [0.15, 0.2) is 0 Å². The van der Waals surface area contributed by atoms with E-state index in [1.807, 2.05) is 0 Å². The van der Waals surface area contributed by atoms with E-state index in [4.69, 9.17) is 0 Å². The number of hydrogen-bond acceptors (Lipinski definition) is 0. The number of benzene rings is 5. The highest BCUT2D eigenvalue weighted by Gasteiger charge is 2.43. The maximum atomic E-state index is 2.55. The quantitative estimate of drug-likeness (QED) is 0.140. The maximum Gasteiger partial charge on any atom is 0.0210 e. The van der Waals surface area contributed by atoms with Crippen LogP contribution < -0.4 is 0 Å². The summed E-state index contributed by atoms with van der Waals surface area (Å²) in [4.78, 5) is 0. The molecule has 0 unspecified atom stereocenters. The van der Waals surface area contributed by atoms with Crippen LogP contribution in [0.25, 0.3) is 44.5 Å². The Bertz CT molecular complexity index is 1910. The summed E-state index contributed by atoms with van der Waals surface area (Å²) < 4.78 is 0. The molecule has 0 heteroatoms. The highest BCUT2D eigenvalue weighted by atomic mass is 14.5. The van der Waals surface area contributed by atoms with Gasteiger partial charge in [-0.05, 0) is 139 Å². The Hall–Kier alpha value is -3.90. The zero-order valence-corrected chi connectivity index (χ0v) is 32.5. The molecule has 258 valence electrons. The molecule has 0 atom stereocenters. The van der Waals surface area contributed by atoms with E-state index in [9.17, 15) is 0 Å². The van der Waals surface area contributed by atoms with Crippen molar-refractivity contribution in [3.63, 3.8) is 0 Å². The van der Waals surface area contributed by atoms with Gasteiger partial charge in [0.1, 0.15) is 0 Å². The summed E-state index contributed by atoms with van der Waals surface area (Å²) in [6.45, 7) is 23.7. The van der Waals surface area contributed by atoms with Crippen molar-refractivity contribution in [3.05, 3.63) is 130 Å². The van der Waals surface area contributed by atoms with E-state index in [0.717, 1.165) is 38.5 Å². The summed E-state index contributed by atoms with van der Waals surface area (Å²) in [5.41, 5.74) is 20.4. The molecule has 5 aromatic carbocycles. The number of fused-ring (bicyclic) bond motifs is 6. The van der Waals surface area contributed by atoms with Crippen molar-refractivity contribution >= 4 is 0 Å². The predicted octanol–water partition coefficient (Wildman–Crippen LogP) is 14.6. The first-order valence-electron chi connectivity index (χ1n) is 19.6. The molecule has 2 aliphatic carbocycles. The van der Waals surface area contributed by atoms with Crippen molar-refractivity contribution in [2.24, 2.45) is 0 Å². The normalized spacial score (nSPS) is 15.4. The Morgan fingerprint density at radius 2 is 0.640 bits per heavy atom. The Balaban J connectivity index is 1.24. The van der Waals surface area contributed by atoms with Crippen LogP contribution in [0.1, 0.15) is 141 Å². The van der Waals surface area contributed by atoms with Crippen molar-refractivity contribution in [2.75, 3.05) is 0 Å². The smallest absolute Gasteiger partial charge is 0.0210 e. The molecule has 7 rings (SSSR count). The molecule has 50 heavy (non-hydrogen) atoms. The van der Waals surface area contributed by atoms with Crippen LogP contribution in [0.15, 0.2) is 97.1 Å². The second kappa shape index (κ2) is 12.4. The molecule has 0 fully saturated rings. The molecule has 5 aromatic rings. The first kappa shape index (κ1) is 34.5. The molecule has 0 spiro atoms. The lowest BCUT2D eigenvalue weighted by Gasteiger charge is -2.32. The molecule has 0 bridgehead atoms. The van der Waals surface area contributed by atoms with E-state index in [1.165, 1.54) is 77.9 Å². The lowest BCUT2D eigenvalue weighted by molar-refractivity contribution is 0.481. The van der Waals surface area contributed by atoms with Crippen molar-refractivity contribution in [2.45, 2.75) is 129 Å². The Kier molecular flexibility index (Phi) is 8.57. The monoisotopic (exact) mass is 658 g/mol. The van der Waals surface area contributed by atoms with Gasteiger partial charge in [-0.1, -0.05) is 154 Å². The fourth-order valence-corrected chi connectivity index (χ4v) is 9.48. The highest BCUT2D eigenvalue weighted by molar-refractivity contribution is 5.86. The topological polar surface area (TPSA) is 0 Å². The molecule has 0 saturated carbocycles. The van der Waals surface area contributed by atoms with Gasteiger partial charge in [-0.25, -0.2) is 0 Å². The lowest BCUT2D eigenvalue weighted by Crippen LogP contribution is -2.24. The summed E-state index contributed by atoms with van der Waals surface area (Å²) >= 11 is 0. The lowest BCUT2D eigenvalue weighted by atomic mass is 9.71. The third-order valence-corrected chi connectivity index (χ3v) is 14.0. The Morgan fingerprint density at radius 1 is 0.360 bits per heavy atom. The van der Waals surface area contributed by atoms with Crippen LogP contribution in [0.5, 0.6) is 0 Å². The van der Waals surface area contributed by atoms with Crippen LogP contribution in [0.4, 0.5) is 0 Å². The van der Waals surface area contributed by atoms with Crippen LogP contribution in [0, 0.1) is 0 Å². The van der Waals surface area contributed by atoms with Gasteiger partial charge in [0.2, 0.25) is 0 Å². The van der Waals surface area contributed by atoms with Crippen LogP contribution in [-0.4, -0.2) is 0 Å². The second-order valence-corrected chi connectivity index (χ2v) is 16.7. The fourth-order valence-electron chi connectivity index (χ4n) is 9.48. The zero-order valence-electron chi connectivity index (χ0n) is 32.5. The molecule has 0 radical (unpaired) electrons. The molecule has 0 N–H and O–H groups in total. The van der Waals surface area contributed by atoms with Gasteiger partial charge in [-0.2, -0.15) is 0 Å². The Labute approximate surface area is 303 Å². The minimum Gasteiger partial charge on any atom is -0.0646 e. The second-order valence-electron chi connectivity index (χ2n) is 16.7. The largest absolute Gasteiger partial charge is 0.0646 e. The minimum absolute atomic E-state index is 0.0561. The summed E-state index contributed by atoms with van der Waals surface area (Å²) in [6.07, 6.45) is 6.72. The van der Waals surface area contributed by atoms with Crippen molar-refractivity contribution in [3.8, 4) is 44.5 Å². The minimum atomic E-state index is 0.0561. The molecule has 0 nitrogen and oxygen atoms in total. The van der Waals surface area contributed by atoms with Gasteiger partial charge in [0.25, 0.3) is 0 Å². The van der Waals surface area contributed by atoms with Crippen LogP contribution in [0.2, 0.25) is 0 Å². The summed E-state index contributed by atoms with van der Waals surface area (Å²) in [5.74, 6) is 0. The molecular formula is C50H58. The third-order valence-electron chi connectivity index (χ3n) is 14.0. The van der Waals surface area contributed by atoms with Gasteiger partial charge in [0.05, 0.1) is 0 Å². The Morgan fingerprint density at radius 3 is 0.940 bits per heavy atom. The van der Waals surface area contributed by atoms with Gasteiger partial charge in [-0.15, -0.1) is 0 Å². The molecule has 0 aliphatic heterocycles. The van der Waals surface area contributed by atoms with Crippen molar-refractivity contribution in [1.29, 1.82) is 0 Å². The van der Waals surface area contributed by atoms with Gasteiger partial charge in [-0.3, -0.25) is 0 Å². The molecule has 0 saturated heterocycles. The average molecular weight is 659 g/mol. The van der Waals surface area contributed by atoms with Crippen molar-refractivity contribution < 1.29 is 0 Å². The average Bonchev–Trinajstić information content (AvgIpc) is 3.60. The van der Waals surface area contributed by atoms with E-state index >= 15 is 0 Å². The third kappa shape index (κ3) is 4.99. The number of hydrogen-bond donors (Lipinski definition) is 0. The van der Waals surface area contributed by atoms with E-state index in [1.54, 1.807) is 0 Å². The van der Waals surface area contributed by atoms with Gasteiger partial charge < -0.3 is 0 Å². The summed E-state index contributed by atoms with van der Waals surface area (Å²) in [6, 6.07) is 38.6. The van der Waals surface area contributed by atoms with Crippen LogP contribution in [0.3, 0.4) is 0 Å². The van der Waals surface area contributed by atoms with Crippen LogP contribution >= 0.6 is 0 Å². The summed E-state index contributed by atoms with van der Waals surface area (Å²) in [7, 11) is 0. The number of rotatable bonds is 10. The zero-order chi connectivity index (χ0) is 35.6. The van der Waals surface area contributed by atoms with E-state index in [2.05, 4.69) is 166 Å². The first-order chi connectivity index (χ1) is 23.9. The highest BCUT2D eigenvalue weighted by Crippen LogP contribution is 2.56. The molecule has 0 amide bonds. The predicted molar refractivity (Wildman–Crippen MR) is 218 cm³/mol. The van der Waals surface area contributed by atoms with Crippen LogP contribution in [-0.2, 0) is 21.7 Å². The first-order valence-corrected chi connectivity index (χ1v) is 19.6. The van der Waals surface area contributed by atoms with E-state index in [-0.39, 0.29) is 21.7 Å². The fraction of sp³-hybridized carbons (Fsp3) is 0.400. The van der Waals surface area contributed by atoms with E-state index in [0.29, 0.717) is 0 Å². The van der Waals surface area contributed by atoms with Gasteiger partial charge >= 0.3 is 0 Å². The maximum absolute atomic E-state index is 2.55. The molecule has 0 heterocycles. The standard InChI is InChI=1S/C50H58/c1-11-47(7,8)37-23-27-41-39-25-21-35(29-43(39)49(13-3,14-4)45(41)31-37)33-17-19-34(20-18-33)36-22-26-40-42-28-24-38(48(9,10)12-2)32-46(42)50(15-5,16-6)44(40)30-36/h17-32H,11-16H2,1-10H3. The molecule has 2 aliphatic rings. The SMILES string of the molecule is CCC(C)(C)c1ccc2c(c1)C(CC)(CC)c1cc(-c3ccc(-c4ccc5c(c4)C(CC)(CC)c4cc(C(C)(C)CC)ccc4-5)cc3)ccc1-2. The van der Waals surface area contributed by atoms with Gasteiger partial charge in [0, 0.05) is 10.8 Å². The molecular weight excluding hydrogens is 601 g/mol. The van der Waals surface area contributed by atoms with Crippen molar-refractivity contribution in [1.82, 2.24) is 0 Å². The molecule has 0 aromatic heterocycles. The van der Waals surface area contributed by atoms with E-state index < -0.39 is 0 Å².